The minimum Gasteiger partial charge on any atom is -0.474 e. The molecule has 0 aliphatic heterocycles. The Balaban J connectivity index is 1.35. The number of rotatable bonds is 8. The number of ether oxygens (including phenoxy) is 1. The van der Waals surface area contributed by atoms with Crippen molar-refractivity contribution in [3.63, 3.8) is 0 Å². The predicted molar refractivity (Wildman–Crippen MR) is 95.5 cm³/mol. The van der Waals surface area contributed by atoms with E-state index in [1.807, 2.05) is 19.9 Å². The van der Waals surface area contributed by atoms with Crippen molar-refractivity contribution >= 4 is 17.6 Å². The average Bonchev–Trinajstić information content (AvgIpc) is 3.20. The van der Waals surface area contributed by atoms with Crippen molar-refractivity contribution in [3.05, 3.63) is 35.9 Å². The van der Waals surface area contributed by atoms with Gasteiger partial charge in [0.05, 0.1) is 18.3 Å². The maximum Gasteiger partial charge on any atom is 0.234 e. The molecule has 136 valence electrons. The van der Waals surface area contributed by atoms with Gasteiger partial charge in [-0.1, -0.05) is 5.16 Å². The van der Waals surface area contributed by atoms with Gasteiger partial charge in [-0.25, -0.2) is 4.98 Å². The molecule has 0 unspecified atom stereocenters. The molecule has 1 saturated carbocycles. The van der Waals surface area contributed by atoms with Crippen molar-refractivity contribution < 1.29 is 9.26 Å². The van der Waals surface area contributed by atoms with Crippen LogP contribution in [-0.2, 0) is 6.54 Å². The highest BCUT2D eigenvalue weighted by Gasteiger charge is 2.26. The summed E-state index contributed by atoms with van der Waals surface area (Å²) in [4.78, 5) is 8.64. The van der Waals surface area contributed by atoms with Crippen molar-refractivity contribution in [2.24, 2.45) is 0 Å². The lowest BCUT2D eigenvalue weighted by atomic mass is 10.3. The summed E-state index contributed by atoms with van der Waals surface area (Å²) in [5, 5.41) is 17.3. The Labute approximate surface area is 150 Å². The van der Waals surface area contributed by atoms with E-state index in [1.165, 1.54) is 12.8 Å². The van der Waals surface area contributed by atoms with Gasteiger partial charge in [-0.05, 0) is 32.8 Å². The van der Waals surface area contributed by atoms with E-state index in [0.29, 0.717) is 35.9 Å². The van der Waals surface area contributed by atoms with Crippen molar-refractivity contribution in [2.45, 2.75) is 45.3 Å². The molecule has 3 aromatic rings. The van der Waals surface area contributed by atoms with Crippen LogP contribution in [0.4, 0.5) is 17.6 Å². The third-order valence-electron chi connectivity index (χ3n) is 3.82. The number of hydrogen-bond donors (Lipinski definition) is 3. The van der Waals surface area contributed by atoms with Gasteiger partial charge in [-0.3, -0.25) is 5.10 Å². The molecule has 1 fully saturated rings. The van der Waals surface area contributed by atoms with Crippen LogP contribution in [-0.4, -0.2) is 31.4 Å². The first-order chi connectivity index (χ1) is 12.7. The minimum absolute atomic E-state index is 0.0672. The van der Waals surface area contributed by atoms with Crippen LogP contribution in [0, 0.1) is 0 Å². The zero-order valence-corrected chi connectivity index (χ0v) is 14.7. The molecule has 3 aromatic heterocycles. The third kappa shape index (κ3) is 4.11. The summed E-state index contributed by atoms with van der Waals surface area (Å²) in [6.45, 7) is 4.39. The summed E-state index contributed by atoms with van der Waals surface area (Å²) in [6.07, 6.45) is 4.15. The molecule has 9 nitrogen and oxygen atoms in total. The summed E-state index contributed by atoms with van der Waals surface area (Å²) in [5.74, 6) is 3.71. The van der Waals surface area contributed by atoms with Crippen molar-refractivity contribution in [3.8, 4) is 5.88 Å². The smallest absolute Gasteiger partial charge is 0.234 e. The van der Waals surface area contributed by atoms with Crippen LogP contribution < -0.4 is 15.4 Å². The fraction of sp³-hybridized carbons (Fsp3) is 0.412. The summed E-state index contributed by atoms with van der Waals surface area (Å²) in [7, 11) is 0. The molecule has 3 heterocycles. The summed E-state index contributed by atoms with van der Waals surface area (Å²) >= 11 is 0. The molecular formula is C17H21N7O2. The lowest BCUT2D eigenvalue weighted by Crippen LogP contribution is -2.05. The minimum atomic E-state index is 0.0672. The largest absolute Gasteiger partial charge is 0.474 e. The highest BCUT2D eigenvalue weighted by molar-refractivity contribution is 5.53. The maximum absolute atomic E-state index is 5.52. The van der Waals surface area contributed by atoms with Crippen LogP contribution in [0.1, 0.15) is 44.1 Å². The van der Waals surface area contributed by atoms with Crippen LogP contribution in [0.15, 0.2) is 28.9 Å². The zero-order valence-electron chi connectivity index (χ0n) is 14.7. The predicted octanol–water partition coefficient (Wildman–Crippen LogP) is 3.21. The molecule has 0 radical (unpaired) electrons. The number of aromatic amines is 1. The van der Waals surface area contributed by atoms with Crippen LogP contribution in [0.25, 0.3) is 0 Å². The summed E-state index contributed by atoms with van der Waals surface area (Å²) < 4.78 is 10.9. The Morgan fingerprint density at radius 1 is 1.35 bits per heavy atom. The Kier molecular flexibility index (Phi) is 4.42. The molecule has 0 amide bonds. The second-order valence-corrected chi connectivity index (χ2v) is 6.52. The second-order valence-electron chi connectivity index (χ2n) is 6.52. The second kappa shape index (κ2) is 7.03. The van der Waals surface area contributed by atoms with E-state index in [9.17, 15) is 0 Å². The van der Waals surface area contributed by atoms with E-state index >= 15 is 0 Å². The van der Waals surface area contributed by atoms with Gasteiger partial charge >= 0.3 is 0 Å². The Morgan fingerprint density at radius 3 is 3.04 bits per heavy atom. The molecule has 4 rings (SSSR count). The molecule has 0 aromatic carbocycles. The van der Waals surface area contributed by atoms with Crippen molar-refractivity contribution in [1.29, 1.82) is 0 Å². The molecule has 0 spiro atoms. The normalized spacial score (nSPS) is 13.8. The lowest BCUT2D eigenvalue weighted by molar-refractivity contribution is 0.232. The summed E-state index contributed by atoms with van der Waals surface area (Å²) in [6, 6.07) is 5.55. The average molecular weight is 355 g/mol. The fourth-order valence-corrected chi connectivity index (χ4v) is 2.47. The number of nitrogens with zero attached hydrogens (tertiary/aromatic N) is 4. The van der Waals surface area contributed by atoms with Crippen LogP contribution in [0.2, 0.25) is 0 Å². The Hall–Kier alpha value is -3.10. The molecule has 0 saturated heterocycles. The van der Waals surface area contributed by atoms with Gasteiger partial charge < -0.3 is 19.9 Å². The molecule has 1 aliphatic carbocycles. The van der Waals surface area contributed by atoms with Gasteiger partial charge in [0.1, 0.15) is 11.6 Å². The monoisotopic (exact) mass is 355 g/mol. The molecule has 0 atom stereocenters. The van der Waals surface area contributed by atoms with E-state index in [0.717, 1.165) is 11.5 Å². The quantitative estimate of drug-likeness (QED) is 0.564. The third-order valence-corrected chi connectivity index (χ3v) is 3.82. The molecule has 0 bridgehead atoms. The van der Waals surface area contributed by atoms with E-state index in [2.05, 4.69) is 36.0 Å². The first-order valence-electron chi connectivity index (χ1n) is 8.67. The van der Waals surface area contributed by atoms with E-state index in [4.69, 9.17) is 9.26 Å². The zero-order chi connectivity index (χ0) is 17.9. The highest BCUT2D eigenvalue weighted by Crippen LogP contribution is 2.39. The van der Waals surface area contributed by atoms with Crippen molar-refractivity contribution in [2.75, 3.05) is 10.6 Å². The fourth-order valence-electron chi connectivity index (χ4n) is 2.47. The van der Waals surface area contributed by atoms with E-state index in [-0.39, 0.29) is 6.10 Å². The number of aromatic nitrogens is 5. The van der Waals surface area contributed by atoms with Gasteiger partial charge in [0.15, 0.2) is 5.76 Å². The van der Waals surface area contributed by atoms with Gasteiger partial charge in [0.2, 0.25) is 11.8 Å². The van der Waals surface area contributed by atoms with Gasteiger partial charge in [-0.2, -0.15) is 4.98 Å². The van der Waals surface area contributed by atoms with Gasteiger partial charge in [0, 0.05) is 24.2 Å². The topological polar surface area (TPSA) is 114 Å². The first-order valence-corrected chi connectivity index (χ1v) is 8.67. The Morgan fingerprint density at radius 2 is 2.23 bits per heavy atom. The SMILES string of the molecule is CC(C)Oc1cc(Nc2ccnc(NCc3cc(C4CC4)no3)n2)[nH]n1. The van der Waals surface area contributed by atoms with Crippen LogP contribution in [0.5, 0.6) is 5.88 Å². The van der Waals surface area contributed by atoms with E-state index in [1.54, 1.807) is 18.3 Å². The first kappa shape index (κ1) is 16.4. The van der Waals surface area contributed by atoms with Crippen LogP contribution in [0.3, 0.4) is 0 Å². The standard InChI is InChI=1S/C17H21N7O2/c1-10(2)25-16-8-15(22-23-16)20-14-5-6-18-17(21-14)19-9-12-7-13(24-26-12)11-3-4-11/h5-8,10-11H,3-4,9H2,1-2H3,(H3,18,19,20,21,22,23). The maximum atomic E-state index is 5.52. The molecule has 9 heteroatoms. The molecule has 26 heavy (non-hydrogen) atoms. The number of nitrogens with one attached hydrogen (secondary N) is 3. The lowest BCUT2D eigenvalue weighted by Gasteiger charge is -2.06. The highest BCUT2D eigenvalue weighted by atomic mass is 16.5. The number of anilines is 3. The van der Waals surface area contributed by atoms with Gasteiger partial charge in [0.25, 0.3) is 0 Å². The molecular weight excluding hydrogens is 334 g/mol. The van der Waals surface area contributed by atoms with Crippen LogP contribution >= 0.6 is 0 Å². The number of H-pyrrole nitrogens is 1. The Bertz CT molecular complexity index is 869. The number of hydrogen-bond acceptors (Lipinski definition) is 8. The summed E-state index contributed by atoms with van der Waals surface area (Å²) in [5.41, 5.74) is 1.04. The molecule has 1 aliphatic rings. The molecule has 3 N–H and O–H groups in total. The van der Waals surface area contributed by atoms with E-state index < -0.39 is 0 Å². The van der Waals surface area contributed by atoms with Gasteiger partial charge in [-0.15, -0.1) is 5.10 Å². The van der Waals surface area contributed by atoms with Crippen molar-refractivity contribution in [1.82, 2.24) is 25.3 Å².